The van der Waals surface area contributed by atoms with Crippen LogP contribution in [0.15, 0.2) is 83.9 Å². The Labute approximate surface area is 159 Å². The molecule has 0 aliphatic heterocycles. The van der Waals surface area contributed by atoms with Crippen LogP contribution in [0.25, 0.3) is 10.9 Å². The third kappa shape index (κ3) is 3.49. The molecule has 134 valence electrons. The quantitative estimate of drug-likeness (QED) is 0.419. The number of fused-ring (bicyclic) bond motifs is 1. The molecule has 0 radical (unpaired) electrons. The fourth-order valence-corrected chi connectivity index (χ4v) is 3.40. The van der Waals surface area contributed by atoms with Gasteiger partial charge in [-0.3, -0.25) is 4.99 Å². The maximum atomic E-state index is 5.21. The maximum absolute atomic E-state index is 5.21. The average Bonchev–Trinajstić information content (AvgIpc) is 2.99. The van der Waals surface area contributed by atoms with Gasteiger partial charge in [0.2, 0.25) is 0 Å². The second-order valence-corrected chi connectivity index (χ2v) is 6.54. The molecule has 3 heteroatoms. The summed E-state index contributed by atoms with van der Waals surface area (Å²) in [5, 5.41) is 1.23. The summed E-state index contributed by atoms with van der Waals surface area (Å²) >= 11 is 0. The molecule has 0 atom stereocenters. The number of aromatic nitrogens is 1. The molecule has 3 nitrogen and oxygen atoms in total. The Morgan fingerprint density at radius 2 is 1.59 bits per heavy atom. The highest BCUT2D eigenvalue weighted by molar-refractivity contribution is 6.01. The first-order chi connectivity index (χ1) is 13.3. The van der Waals surface area contributed by atoms with Crippen molar-refractivity contribution in [3.05, 3.63) is 95.7 Å². The topological polar surface area (TPSA) is 26.5 Å². The van der Waals surface area contributed by atoms with Gasteiger partial charge in [-0.05, 0) is 42.8 Å². The Bertz CT molecular complexity index is 1080. The zero-order valence-corrected chi connectivity index (χ0v) is 15.6. The smallest absolute Gasteiger partial charge is 0.119 e. The van der Waals surface area contributed by atoms with E-state index in [0.717, 1.165) is 23.5 Å². The predicted octanol–water partition coefficient (Wildman–Crippen LogP) is 5.76. The van der Waals surface area contributed by atoms with Gasteiger partial charge in [0.25, 0.3) is 0 Å². The number of rotatable bonds is 5. The summed E-state index contributed by atoms with van der Waals surface area (Å²) in [6, 6.07) is 26.9. The van der Waals surface area contributed by atoms with Crippen molar-refractivity contribution in [2.45, 2.75) is 13.5 Å². The van der Waals surface area contributed by atoms with Crippen LogP contribution in [-0.2, 0) is 6.54 Å². The summed E-state index contributed by atoms with van der Waals surface area (Å²) in [6.07, 6.45) is 1.97. The lowest BCUT2D eigenvalue weighted by Gasteiger charge is -2.08. The lowest BCUT2D eigenvalue weighted by atomic mass is 10.1. The Morgan fingerprint density at radius 1 is 0.889 bits per heavy atom. The highest BCUT2D eigenvalue weighted by Gasteiger charge is 2.12. The normalized spacial score (nSPS) is 11.3. The van der Waals surface area contributed by atoms with Crippen molar-refractivity contribution >= 4 is 22.8 Å². The van der Waals surface area contributed by atoms with E-state index in [1.54, 1.807) is 7.11 Å². The lowest BCUT2D eigenvalue weighted by molar-refractivity contribution is 0.415. The van der Waals surface area contributed by atoms with Crippen LogP contribution in [-0.4, -0.2) is 17.9 Å². The van der Waals surface area contributed by atoms with Crippen LogP contribution in [0.4, 0.5) is 5.69 Å². The van der Waals surface area contributed by atoms with Gasteiger partial charge >= 0.3 is 0 Å². The average molecular weight is 354 g/mol. The molecule has 0 unspecified atom stereocenters. The molecule has 0 bridgehead atoms. The molecular formula is C24H22N2O. The summed E-state index contributed by atoms with van der Waals surface area (Å²) in [7, 11) is 1.67. The van der Waals surface area contributed by atoms with Gasteiger partial charge in [0.1, 0.15) is 5.75 Å². The maximum Gasteiger partial charge on any atom is 0.119 e. The first kappa shape index (κ1) is 17.1. The molecule has 0 amide bonds. The number of nitrogens with zero attached hydrogens (tertiary/aromatic N) is 2. The largest absolute Gasteiger partial charge is 0.497 e. The molecule has 0 N–H and O–H groups in total. The van der Waals surface area contributed by atoms with Crippen molar-refractivity contribution < 1.29 is 4.74 Å². The van der Waals surface area contributed by atoms with Gasteiger partial charge in [0.05, 0.1) is 12.8 Å². The number of aliphatic imine (C=N–C) groups is 1. The molecule has 1 heterocycles. The molecule has 0 aliphatic rings. The number of hydrogen-bond donors (Lipinski definition) is 0. The van der Waals surface area contributed by atoms with E-state index in [2.05, 4.69) is 71.1 Å². The minimum absolute atomic E-state index is 0.838. The van der Waals surface area contributed by atoms with Gasteiger partial charge in [-0.1, -0.05) is 48.5 Å². The first-order valence-electron chi connectivity index (χ1n) is 9.06. The molecule has 1 aromatic heterocycles. The molecule has 0 saturated carbocycles. The van der Waals surface area contributed by atoms with Crippen LogP contribution in [0.3, 0.4) is 0 Å². The molecule has 0 aliphatic carbocycles. The number of ether oxygens (including phenoxy) is 1. The van der Waals surface area contributed by atoms with Crippen LogP contribution in [0.2, 0.25) is 0 Å². The van der Waals surface area contributed by atoms with Crippen LogP contribution < -0.4 is 4.74 Å². The van der Waals surface area contributed by atoms with E-state index < -0.39 is 0 Å². The number of benzene rings is 3. The highest BCUT2D eigenvalue weighted by atomic mass is 16.5. The van der Waals surface area contributed by atoms with Crippen LogP contribution in [0.1, 0.15) is 16.8 Å². The van der Waals surface area contributed by atoms with Crippen LogP contribution >= 0.6 is 0 Å². The molecular weight excluding hydrogens is 332 g/mol. The Morgan fingerprint density at radius 3 is 2.33 bits per heavy atom. The lowest BCUT2D eigenvalue weighted by Crippen LogP contribution is -2.02. The fourth-order valence-electron chi connectivity index (χ4n) is 3.40. The van der Waals surface area contributed by atoms with Gasteiger partial charge in [0.15, 0.2) is 0 Å². The summed E-state index contributed by atoms with van der Waals surface area (Å²) in [6.45, 7) is 3.02. The third-order valence-electron chi connectivity index (χ3n) is 4.88. The van der Waals surface area contributed by atoms with E-state index in [4.69, 9.17) is 4.74 Å². The van der Waals surface area contributed by atoms with Crippen molar-refractivity contribution in [1.29, 1.82) is 0 Å². The van der Waals surface area contributed by atoms with E-state index in [1.807, 2.05) is 30.5 Å². The Hall–Kier alpha value is -3.33. The predicted molar refractivity (Wildman–Crippen MR) is 112 cm³/mol. The standard InChI is InChI=1S/C24H22N2O/c1-18-23(16-25-20-12-14-21(27-2)15-13-20)22-10-6-7-11-24(22)26(18)17-19-8-4-3-5-9-19/h3-16H,17H2,1-2H3. The molecule has 3 aromatic carbocycles. The van der Waals surface area contributed by atoms with Crippen molar-refractivity contribution in [3.63, 3.8) is 0 Å². The van der Waals surface area contributed by atoms with Gasteiger partial charge in [-0.2, -0.15) is 0 Å². The van der Waals surface area contributed by atoms with Gasteiger partial charge in [0, 0.05) is 34.9 Å². The van der Waals surface area contributed by atoms with Crippen molar-refractivity contribution in [2.24, 2.45) is 4.99 Å². The van der Waals surface area contributed by atoms with E-state index in [-0.39, 0.29) is 0 Å². The fraction of sp³-hybridized carbons (Fsp3) is 0.125. The Balaban J connectivity index is 1.74. The molecule has 0 fully saturated rings. The van der Waals surface area contributed by atoms with Crippen LogP contribution in [0.5, 0.6) is 5.75 Å². The van der Waals surface area contributed by atoms with Crippen molar-refractivity contribution in [1.82, 2.24) is 4.57 Å². The summed E-state index contributed by atoms with van der Waals surface area (Å²) in [5.74, 6) is 0.838. The van der Waals surface area contributed by atoms with Gasteiger partial charge in [-0.15, -0.1) is 0 Å². The second kappa shape index (κ2) is 7.50. The van der Waals surface area contributed by atoms with Crippen molar-refractivity contribution in [3.8, 4) is 5.75 Å². The van der Waals surface area contributed by atoms with Crippen molar-refractivity contribution in [2.75, 3.05) is 7.11 Å². The zero-order chi connectivity index (χ0) is 18.6. The Kier molecular flexibility index (Phi) is 4.75. The van der Waals surface area contributed by atoms with E-state index >= 15 is 0 Å². The molecule has 4 aromatic rings. The third-order valence-corrected chi connectivity index (χ3v) is 4.88. The summed E-state index contributed by atoms with van der Waals surface area (Å²) in [5.41, 5.74) is 5.82. The minimum Gasteiger partial charge on any atom is -0.497 e. The van der Waals surface area contributed by atoms with Gasteiger partial charge < -0.3 is 9.30 Å². The minimum atomic E-state index is 0.838. The zero-order valence-electron chi connectivity index (χ0n) is 15.6. The monoisotopic (exact) mass is 354 g/mol. The molecule has 27 heavy (non-hydrogen) atoms. The summed E-state index contributed by atoms with van der Waals surface area (Å²) in [4.78, 5) is 4.69. The SMILES string of the molecule is COc1ccc(N=Cc2c(C)n(Cc3ccccc3)c3ccccc23)cc1. The van der Waals surface area contributed by atoms with E-state index in [1.165, 1.54) is 22.2 Å². The van der Waals surface area contributed by atoms with Crippen LogP contribution in [0, 0.1) is 6.92 Å². The molecule has 0 spiro atoms. The second-order valence-electron chi connectivity index (χ2n) is 6.54. The molecule has 4 rings (SSSR count). The summed E-state index contributed by atoms with van der Waals surface area (Å²) < 4.78 is 7.57. The first-order valence-corrected chi connectivity index (χ1v) is 9.06. The van der Waals surface area contributed by atoms with E-state index in [9.17, 15) is 0 Å². The number of para-hydroxylation sites is 1. The van der Waals surface area contributed by atoms with E-state index in [0.29, 0.717) is 0 Å². The molecule has 0 saturated heterocycles. The highest BCUT2D eigenvalue weighted by Crippen LogP contribution is 2.26. The number of hydrogen-bond acceptors (Lipinski definition) is 2. The van der Waals surface area contributed by atoms with Gasteiger partial charge in [-0.25, -0.2) is 0 Å². The number of methoxy groups -OCH3 is 1.